The fourth-order valence-electron chi connectivity index (χ4n) is 5.59. The average molecular weight is 477 g/mol. The predicted octanol–water partition coefficient (Wildman–Crippen LogP) is 5.92. The van der Waals surface area contributed by atoms with Gasteiger partial charge in [0.1, 0.15) is 18.2 Å². The molecule has 7 heteroatoms. The lowest BCUT2D eigenvalue weighted by molar-refractivity contribution is -0.137. The number of hydrogen-bond donors (Lipinski definition) is 2. The minimum Gasteiger partial charge on any atom is -0.480 e. The number of aromatic nitrogens is 1. The number of carbonyl (C=O) groups excluding carboxylic acids is 1. The van der Waals surface area contributed by atoms with Crippen LogP contribution in [0.1, 0.15) is 53.2 Å². The Labute approximate surface area is 201 Å². The Balaban J connectivity index is 1.35. The molecule has 0 atom stereocenters. The first kappa shape index (κ1) is 23.0. The summed E-state index contributed by atoms with van der Waals surface area (Å²) in [4.78, 5) is 24.5. The molecule has 1 saturated carbocycles. The summed E-state index contributed by atoms with van der Waals surface area (Å²) < 4.78 is 30.0. The Hall–Kier alpha value is -3.74. The second kappa shape index (κ2) is 9.13. The minimum atomic E-state index is -0.944. The fraction of sp³-hybridized carbons (Fsp3) is 0.286. The molecule has 0 saturated heterocycles. The van der Waals surface area contributed by atoms with E-state index in [4.69, 9.17) is 0 Å². The number of hydrogen-bond acceptors (Lipinski definition) is 2. The van der Waals surface area contributed by atoms with Crippen LogP contribution in [-0.4, -0.2) is 27.6 Å². The van der Waals surface area contributed by atoms with E-state index in [-0.39, 0.29) is 36.0 Å². The van der Waals surface area contributed by atoms with Gasteiger partial charge in [-0.15, -0.1) is 0 Å². The maximum Gasteiger partial charge on any atom is 0.323 e. The molecule has 35 heavy (non-hydrogen) atoms. The second-order valence-corrected chi connectivity index (χ2v) is 9.30. The van der Waals surface area contributed by atoms with E-state index in [2.05, 4.69) is 5.32 Å². The van der Waals surface area contributed by atoms with Crippen LogP contribution in [0.25, 0.3) is 21.7 Å². The fourth-order valence-corrected chi connectivity index (χ4v) is 5.59. The van der Waals surface area contributed by atoms with Crippen LogP contribution in [0.3, 0.4) is 0 Å². The number of rotatable bonds is 5. The summed E-state index contributed by atoms with van der Waals surface area (Å²) in [6.45, 7) is 1.72. The van der Waals surface area contributed by atoms with Crippen molar-refractivity contribution in [3.8, 4) is 0 Å². The highest BCUT2D eigenvalue weighted by atomic mass is 19.1. The molecule has 1 aliphatic carbocycles. The van der Waals surface area contributed by atoms with E-state index in [1.54, 1.807) is 41.0 Å². The van der Waals surface area contributed by atoms with Gasteiger partial charge in [-0.3, -0.25) is 9.59 Å². The number of fused-ring (bicyclic) bond motifs is 2. The van der Waals surface area contributed by atoms with Crippen LogP contribution < -0.4 is 5.32 Å². The number of carbonyl (C=O) groups is 2. The summed E-state index contributed by atoms with van der Waals surface area (Å²) >= 11 is 0. The average Bonchev–Trinajstić information content (AvgIpc) is 3.09. The molecule has 180 valence electrons. The highest BCUT2D eigenvalue weighted by molar-refractivity contribution is 6.07. The van der Waals surface area contributed by atoms with Crippen molar-refractivity contribution in [1.29, 1.82) is 0 Å². The molecular weight excluding hydrogens is 450 g/mol. The molecule has 5 rings (SSSR count). The summed E-state index contributed by atoms with van der Waals surface area (Å²) in [6.07, 6.45) is 3.07. The molecule has 1 heterocycles. The van der Waals surface area contributed by atoms with E-state index in [0.29, 0.717) is 16.3 Å². The summed E-state index contributed by atoms with van der Waals surface area (Å²) in [5.74, 6) is -1.72. The molecule has 1 aliphatic rings. The summed E-state index contributed by atoms with van der Waals surface area (Å²) in [6, 6.07) is 14.3. The third-order valence-electron chi connectivity index (χ3n) is 7.21. The molecule has 5 nitrogen and oxygen atoms in total. The molecule has 1 amide bonds. The van der Waals surface area contributed by atoms with E-state index in [1.807, 2.05) is 6.92 Å². The Morgan fingerprint density at radius 3 is 2.43 bits per heavy atom. The van der Waals surface area contributed by atoms with Gasteiger partial charge in [0.05, 0.1) is 0 Å². The maximum atomic E-state index is 14.1. The molecule has 1 aromatic heterocycles. The van der Waals surface area contributed by atoms with Gasteiger partial charge in [0.2, 0.25) is 0 Å². The first-order chi connectivity index (χ1) is 16.8. The van der Waals surface area contributed by atoms with Crippen molar-refractivity contribution >= 4 is 33.6 Å². The second-order valence-electron chi connectivity index (χ2n) is 9.30. The van der Waals surface area contributed by atoms with Gasteiger partial charge in [0.15, 0.2) is 0 Å². The van der Waals surface area contributed by atoms with Crippen molar-refractivity contribution in [1.82, 2.24) is 9.88 Å². The Bertz CT molecular complexity index is 1450. The molecule has 1 fully saturated rings. The topological polar surface area (TPSA) is 71.3 Å². The van der Waals surface area contributed by atoms with Gasteiger partial charge in [0, 0.05) is 33.6 Å². The molecule has 0 aliphatic heterocycles. The lowest BCUT2D eigenvalue weighted by Crippen LogP contribution is -2.37. The number of halogens is 2. The van der Waals surface area contributed by atoms with Crippen LogP contribution in [0, 0.1) is 18.6 Å². The molecule has 2 N–H and O–H groups in total. The summed E-state index contributed by atoms with van der Waals surface area (Å²) in [5.41, 5.74) is 3.01. The van der Waals surface area contributed by atoms with Gasteiger partial charge in [-0.1, -0.05) is 24.3 Å². The van der Waals surface area contributed by atoms with Crippen molar-refractivity contribution in [2.45, 2.75) is 51.1 Å². The van der Waals surface area contributed by atoms with Crippen molar-refractivity contribution in [2.24, 2.45) is 0 Å². The van der Waals surface area contributed by atoms with Crippen LogP contribution in [0.5, 0.6) is 0 Å². The van der Waals surface area contributed by atoms with Gasteiger partial charge < -0.3 is 15.0 Å². The van der Waals surface area contributed by atoms with E-state index in [1.165, 1.54) is 18.2 Å². The maximum absolute atomic E-state index is 14.1. The lowest BCUT2D eigenvalue weighted by atomic mass is 9.80. The largest absolute Gasteiger partial charge is 0.480 e. The highest BCUT2D eigenvalue weighted by Crippen LogP contribution is 2.40. The van der Waals surface area contributed by atoms with Crippen LogP contribution in [-0.2, 0) is 11.3 Å². The number of benzene rings is 3. The number of amides is 1. The zero-order valence-corrected chi connectivity index (χ0v) is 19.4. The van der Waals surface area contributed by atoms with Crippen molar-refractivity contribution in [3.63, 3.8) is 0 Å². The Kier molecular flexibility index (Phi) is 6.01. The number of nitrogens with zero attached hydrogens (tertiary/aromatic N) is 1. The van der Waals surface area contributed by atoms with Crippen LogP contribution >= 0.6 is 0 Å². The van der Waals surface area contributed by atoms with Gasteiger partial charge in [-0.25, -0.2) is 8.78 Å². The number of carboxylic acid groups (broad SMARTS) is 1. The first-order valence-electron chi connectivity index (χ1n) is 11.8. The molecule has 0 radical (unpaired) electrons. The number of carboxylic acids is 1. The van der Waals surface area contributed by atoms with Crippen LogP contribution in [0.2, 0.25) is 0 Å². The molecule has 0 unspecified atom stereocenters. The molecule has 0 spiro atoms. The van der Waals surface area contributed by atoms with E-state index < -0.39 is 5.97 Å². The standard InChI is InChI=1S/C28H26F2N2O3/c1-16-27(23-14-18(29)10-13-25(23)32(16)15-26(33)34)17-8-11-19(12-9-17)31-28(35)22-6-2-5-21-20(22)4-3-7-24(21)30/h2-7,10,13-14,17,19H,8-9,11-12,15H2,1H3,(H,31,35)(H,33,34). The van der Waals surface area contributed by atoms with E-state index in [0.717, 1.165) is 47.8 Å². The third-order valence-corrected chi connectivity index (χ3v) is 7.21. The Morgan fingerprint density at radius 1 is 0.971 bits per heavy atom. The molecule has 4 aromatic rings. The number of aliphatic carboxylic acids is 1. The molecule has 0 bridgehead atoms. The van der Waals surface area contributed by atoms with Gasteiger partial charge in [-0.2, -0.15) is 0 Å². The van der Waals surface area contributed by atoms with Gasteiger partial charge >= 0.3 is 5.97 Å². The van der Waals surface area contributed by atoms with E-state index in [9.17, 15) is 23.5 Å². The molecule has 3 aromatic carbocycles. The third kappa shape index (κ3) is 4.27. The monoisotopic (exact) mass is 476 g/mol. The summed E-state index contributed by atoms with van der Waals surface area (Å²) in [7, 11) is 0. The summed E-state index contributed by atoms with van der Waals surface area (Å²) in [5, 5.41) is 14.2. The smallest absolute Gasteiger partial charge is 0.323 e. The van der Waals surface area contributed by atoms with Gasteiger partial charge in [-0.05, 0) is 79.8 Å². The minimum absolute atomic E-state index is 0.0213. The quantitative estimate of drug-likeness (QED) is 0.376. The van der Waals surface area contributed by atoms with Crippen molar-refractivity contribution in [2.75, 3.05) is 0 Å². The predicted molar refractivity (Wildman–Crippen MR) is 131 cm³/mol. The molecular formula is C28H26F2N2O3. The highest BCUT2D eigenvalue weighted by Gasteiger charge is 2.29. The Morgan fingerprint density at radius 2 is 1.69 bits per heavy atom. The first-order valence-corrected chi connectivity index (χ1v) is 11.8. The van der Waals surface area contributed by atoms with Crippen molar-refractivity contribution in [3.05, 3.63) is 83.1 Å². The number of nitrogens with one attached hydrogen (secondary N) is 1. The van der Waals surface area contributed by atoms with Gasteiger partial charge in [0.25, 0.3) is 5.91 Å². The lowest BCUT2D eigenvalue weighted by Gasteiger charge is -2.30. The SMILES string of the molecule is Cc1c(C2CCC(NC(=O)c3cccc4c(F)cccc34)CC2)c2cc(F)ccc2n1CC(=O)O. The van der Waals surface area contributed by atoms with Crippen LogP contribution in [0.15, 0.2) is 54.6 Å². The van der Waals surface area contributed by atoms with Crippen molar-refractivity contribution < 1.29 is 23.5 Å². The zero-order valence-electron chi connectivity index (χ0n) is 19.4. The van der Waals surface area contributed by atoms with Crippen LogP contribution in [0.4, 0.5) is 8.78 Å². The van der Waals surface area contributed by atoms with E-state index >= 15 is 0 Å². The normalized spacial score (nSPS) is 18.1. The zero-order chi connectivity index (χ0) is 24.7.